The molecule has 0 unspecified atom stereocenters. The first-order chi connectivity index (χ1) is 8.69. The Labute approximate surface area is 126 Å². The quantitative estimate of drug-likeness (QED) is 0.840. The molecule has 0 fully saturated rings. The molecule has 5 heteroatoms. The number of amides is 1. The van der Waals surface area contributed by atoms with Gasteiger partial charge in [-0.3, -0.25) is 4.79 Å². The van der Waals surface area contributed by atoms with E-state index in [-0.39, 0.29) is 18.3 Å². The van der Waals surface area contributed by atoms with Gasteiger partial charge in [-0.25, -0.2) is 0 Å². The second-order valence-corrected chi connectivity index (χ2v) is 5.44. The zero-order chi connectivity index (χ0) is 13.4. The third-order valence-corrected chi connectivity index (χ3v) is 3.66. The Balaban J connectivity index is 0.00000324. The second-order valence-electron chi connectivity index (χ2n) is 4.16. The van der Waals surface area contributed by atoms with Crippen molar-refractivity contribution in [1.82, 2.24) is 10.2 Å². The number of hydrogen-bond donors (Lipinski definition) is 1. The van der Waals surface area contributed by atoms with E-state index in [1.54, 1.807) is 4.90 Å². The zero-order valence-corrected chi connectivity index (χ0v) is 13.4. The number of halogens is 1. The maximum Gasteiger partial charge on any atom is 0.253 e. The lowest BCUT2D eigenvalue weighted by Gasteiger charge is -2.17. The normalized spacial score (nSPS) is 9.84. The van der Waals surface area contributed by atoms with E-state index in [4.69, 9.17) is 0 Å². The molecule has 1 N–H and O–H groups in total. The molecule has 3 nitrogen and oxygen atoms in total. The number of rotatable bonds is 7. The molecular weight excluding hydrogens is 280 g/mol. The molecule has 0 aliphatic rings. The Morgan fingerprint density at radius 2 is 1.95 bits per heavy atom. The Morgan fingerprint density at radius 1 is 1.32 bits per heavy atom. The highest BCUT2D eigenvalue weighted by molar-refractivity contribution is 7.98. The first kappa shape index (κ1) is 18.3. The van der Waals surface area contributed by atoms with Gasteiger partial charge in [0.25, 0.3) is 5.91 Å². The highest BCUT2D eigenvalue weighted by Crippen LogP contribution is 2.13. The largest absolute Gasteiger partial charge is 0.340 e. The number of benzene rings is 1. The van der Waals surface area contributed by atoms with Crippen molar-refractivity contribution >= 4 is 30.1 Å². The van der Waals surface area contributed by atoms with E-state index < -0.39 is 0 Å². The van der Waals surface area contributed by atoms with Crippen LogP contribution in [0.1, 0.15) is 22.8 Å². The van der Waals surface area contributed by atoms with Gasteiger partial charge in [-0.1, -0.05) is 19.1 Å². The SMILES string of the molecule is CCSCc1ccc(C(=O)N(C)CCNC)cc1.Cl. The van der Waals surface area contributed by atoms with Gasteiger partial charge < -0.3 is 10.2 Å². The van der Waals surface area contributed by atoms with Crippen LogP contribution >= 0.6 is 24.2 Å². The minimum absolute atomic E-state index is 0. The summed E-state index contributed by atoms with van der Waals surface area (Å²) in [5.74, 6) is 2.22. The average Bonchev–Trinajstić information content (AvgIpc) is 2.42. The molecule has 0 aliphatic heterocycles. The number of thioether (sulfide) groups is 1. The lowest BCUT2D eigenvalue weighted by Crippen LogP contribution is -2.32. The monoisotopic (exact) mass is 302 g/mol. The molecule has 0 saturated heterocycles. The number of nitrogens with one attached hydrogen (secondary N) is 1. The lowest BCUT2D eigenvalue weighted by molar-refractivity contribution is 0.0797. The highest BCUT2D eigenvalue weighted by Gasteiger charge is 2.10. The maximum atomic E-state index is 12.1. The lowest BCUT2D eigenvalue weighted by atomic mass is 10.1. The number of nitrogens with zero attached hydrogens (tertiary/aromatic N) is 1. The highest BCUT2D eigenvalue weighted by atomic mass is 35.5. The van der Waals surface area contributed by atoms with Crippen molar-refractivity contribution in [2.75, 3.05) is 32.9 Å². The topological polar surface area (TPSA) is 32.3 Å². The van der Waals surface area contributed by atoms with Crippen molar-refractivity contribution in [2.24, 2.45) is 0 Å². The molecule has 1 aromatic carbocycles. The summed E-state index contributed by atoms with van der Waals surface area (Å²) in [5, 5.41) is 3.04. The van der Waals surface area contributed by atoms with Gasteiger partial charge in [-0.2, -0.15) is 11.8 Å². The van der Waals surface area contributed by atoms with Gasteiger partial charge in [0.15, 0.2) is 0 Å². The molecule has 108 valence electrons. The van der Waals surface area contributed by atoms with Crippen LogP contribution in [-0.2, 0) is 5.75 Å². The van der Waals surface area contributed by atoms with Crippen LogP contribution in [0.25, 0.3) is 0 Å². The van der Waals surface area contributed by atoms with E-state index in [0.29, 0.717) is 0 Å². The van der Waals surface area contributed by atoms with Crippen molar-refractivity contribution < 1.29 is 4.79 Å². The van der Waals surface area contributed by atoms with Gasteiger partial charge in [0.1, 0.15) is 0 Å². The minimum Gasteiger partial charge on any atom is -0.340 e. The van der Waals surface area contributed by atoms with E-state index >= 15 is 0 Å². The van der Waals surface area contributed by atoms with Gasteiger partial charge in [-0.15, -0.1) is 12.4 Å². The molecule has 1 amide bonds. The van der Waals surface area contributed by atoms with Crippen LogP contribution in [0.15, 0.2) is 24.3 Å². The number of carbonyl (C=O) groups is 1. The fraction of sp³-hybridized carbons (Fsp3) is 0.500. The summed E-state index contributed by atoms with van der Waals surface area (Å²) in [6.45, 7) is 3.69. The fourth-order valence-electron chi connectivity index (χ4n) is 1.56. The number of likely N-dealkylation sites (N-methyl/N-ethyl adjacent to an activating group) is 2. The summed E-state index contributed by atoms with van der Waals surface area (Å²) in [7, 11) is 3.72. The molecule has 0 aliphatic carbocycles. The van der Waals surface area contributed by atoms with Crippen LogP contribution in [0.3, 0.4) is 0 Å². The molecule has 0 spiro atoms. The van der Waals surface area contributed by atoms with Gasteiger partial charge >= 0.3 is 0 Å². The standard InChI is InChI=1S/C14H22N2OS.ClH/c1-4-18-11-12-5-7-13(8-6-12)14(17)16(3)10-9-15-2;/h5-8,15H,4,9-11H2,1-3H3;1H. The Hall–Kier alpha value is -0.710. The van der Waals surface area contributed by atoms with Crippen molar-refractivity contribution in [3.05, 3.63) is 35.4 Å². The molecule has 1 aromatic rings. The van der Waals surface area contributed by atoms with E-state index in [1.165, 1.54) is 5.56 Å². The van der Waals surface area contributed by atoms with Crippen LogP contribution in [-0.4, -0.2) is 43.7 Å². The molecule has 1 rings (SSSR count). The molecule has 0 heterocycles. The summed E-state index contributed by atoms with van der Waals surface area (Å²) in [4.78, 5) is 13.8. The second kappa shape index (κ2) is 10.1. The van der Waals surface area contributed by atoms with E-state index in [9.17, 15) is 4.79 Å². The van der Waals surface area contributed by atoms with Crippen molar-refractivity contribution in [3.63, 3.8) is 0 Å². The van der Waals surface area contributed by atoms with Crippen molar-refractivity contribution in [2.45, 2.75) is 12.7 Å². The summed E-state index contributed by atoms with van der Waals surface area (Å²) in [6, 6.07) is 7.93. The number of hydrogen-bond acceptors (Lipinski definition) is 3. The summed E-state index contributed by atoms with van der Waals surface area (Å²) < 4.78 is 0. The Bertz CT molecular complexity index is 370. The van der Waals surface area contributed by atoms with Crippen LogP contribution < -0.4 is 5.32 Å². The molecule has 0 radical (unpaired) electrons. The van der Waals surface area contributed by atoms with Crippen molar-refractivity contribution in [3.8, 4) is 0 Å². The van der Waals surface area contributed by atoms with Crippen LogP contribution in [0.2, 0.25) is 0 Å². The first-order valence-electron chi connectivity index (χ1n) is 6.25. The minimum atomic E-state index is 0. The molecule has 19 heavy (non-hydrogen) atoms. The molecular formula is C14H23ClN2OS. The first-order valence-corrected chi connectivity index (χ1v) is 7.41. The summed E-state index contributed by atoms with van der Waals surface area (Å²) in [5.41, 5.74) is 2.04. The smallest absolute Gasteiger partial charge is 0.253 e. The summed E-state index contributed by atoms with van der Waals surface area (Å²) >= 11 is 1.89. The van der Waals surface area contributed by atoms with Gasteiger partial charge in [0.2, 0.25) is 0 Å². The Kier molecular flexibility index (Phi) is 9.74. The predicted octanol–water partition coefficient (Wildman–Crippen LogP) is 2.65. The molecule has 0 atom stereocenters. The molecule has 0 aromatic heterocycles. The van der Waals surface area contributed by atoms with Crippen LogP contribution in [0.5, 0.6) is 0 Å². The number of carbonyl (C=O) groups excluding carboxylic acids is 1. The van der Waals surface area contributed by atoms with E-state index in [2.05, 4.69) is 12.2 Å². The third-order valence-electron chi connectivity index (χ3n) is 2.72. The summed E-state index contributed by atoms with van der Waals surface area (Å²) in [6.07, 6.45) is 0. The van der Waals surface area contributed by atoms with Gasteiger partial charge in [0, 0.05) is 31.5 Å². The van der Waals surface area contributed by atoms with Gasteiger partial charge in [-0.05, 0) is 30.5 Å². The van der Waals surface area contributed by atoms with Gasteiger partial charge in [0.05, 0.1) is 0 Å². The van der Waals surface area contributed by atoms with E-state index in [0.717, 1.165) is 30.2 Å². The molecule has 0 bridgehead atoms. The predicted molar refractivity (Wildman–Crippen MR) is 86.4 cm³/mol. The average molecular weight is 303 g/mol. The zero-order valence-electron chi connectivity index (χ0n) is 11.8. The Morgan fingerprint density at radius 3 is 2.47 bits per heavy atom. The van der Waals surface area contributed by atoms with Crippen LogP contribution in [0, 0.1) is 0 Å². The maximum absolute atomic E-state index is 12.1. The molecule has 0 saturated carbocycles. The third kappa shape index (κ3) is 6.32. The van der Waals surface area contributed by atoms with E-state index in [1.807, 2.05) is 50.1 Å². The fourth-order valence-corrected chi connectivity index (χ4v) is 2.20. The van der Waals surface area contributed by atoms with Crippen molar-refractivity contribution in [1.29, 1.82) is 0 Å². The van der Waals surface area contributed by atoms with Crippen LogP contribution in [0.4, 0.5) is 0 Å².